The lowest BCUT2D eigenvalue weighted by Crippen LogP contribution is -2.53. The van der Waals surface area contributed by atoms with Crippen molar-refractivity contribution in [2.45, 2.75) is 82.0 Å². The number of hydrogen-bond acceptors (Lipinski definition) is 8. The Morgan fingerprint density at radius 3 is 2.44 bits per heavy atom. The van der Waals surface area contributed by atoms with Gasteiger partial charge in [0.1, 0.15) is 11.8 Å². The molecule has 6 N–H and O–H groups in total. The van der Waals surface area contributed by atoms with Gasteiger partial charge in [-0.05, 0) is 55.7 Å². The monoisotopic (exact) mass is 543 g/mol. The van der Waals surface area contributed by atoms with Crippen LogP contribution in [0.5, 0.6) is 5.75 Å². The Kier molecular flexibility index (Phi) is 10.5. The Morgan fingerprint density at radius 2 is 1.79 bits per heavy atom. The molecule has 0 spiro atoms. The molecule has 10 nitrogen and oxygen atoms in total. The lowest BCUT2D eigenvalue weighted by Gasteiger charge is -2.29. The van der Waals surface area contributed by atoms with Gasteiger partial charge in [0.2, 0.25) is 11.8 Å². The largest absolute Gasteiger partial charge is 0.497 e. The predicted molar refractivity (Wildman–Crippen MR) is 148 cm³/mol. The fourth-order valence-corrected chi connectivity index (χ4v) is 5.54. The number of carbonyl (C=O) groups excluding carboxylic acids is 2. The zero-order valence-electron chi connectivity index (χ0n) is 23.1. The first kappa shape index (κ1) is 29.2. The number of nitrogens with zero attached hydrogens (tertiary/aromatic N) is 2. The zero-order valence-corrected chi connectivity index (χ0v) is 23.1. The standard InChI is InChI=1S/C29H45N5O5/c1-39-25-11-7-20(8-12-25)13-26(30)28(37)32-27(29(38)31-15-24(36)18-35)14-23-17-33(19-34(23)22-9-10-22)16-21-5-3-2-4-6-21/h7-8,11-12,17,21-22,24,26-27,35-36H,2-6,9-10,13-16,18-19,30H2,1H3,(H,31,38)(H,32,37)/t24-,26?,27+/m1/s1. The third-order valence-electron chi connectivity index (χ3n) is 7.96. The smallest absolute Gasteiger partial charge is 0.243 e. The number of aliphatic hydroxyl groups excluding tert-OH is 2. The van der Waals surface area contributed by atoms with Crippen LogP contribution < -0.4 is 21.1 Å². The molecule has 0 aromatic heterocycles. The first-order valence-electron chi connectivity index (χ1n) is 14.3. The van der Waals surface area contributed by atoms with Gasteiger partial charge in [0.25, 0.3) is 0 Å². The Hall–Kier alpha value is -2.82. The van der Waals surface area contributed by atoms with Crippen LogP contribution in [0.25, 0.3) is 0 Å². The van der Waals surface area contributed by atoms with E-state index in [1.807, 2.05) is 24.3 Å². The zero-order chi connectivity index (χ0) is 27.8. The molecule has 4 rings (SSSR count). The maximum Gasteiger partial charge on any atom is 0.243 e. The summed E-state index contributed by atoms with van der Waals surface area (Å²) < 4.78 is 5.19. The maximum atomic E-state index is 13.2. The summed E-state index contributed by atoms with van der Waals surface area (Å²) in [5, 5.41) is 24.5. The van der Waals surface area contributed by atoms with Crippen molar-refractivity contribution in [3.8, 4) is 5.75 Å². The Morgan fingerprint density at radius 1 is 1.08 bits per heavy atom. The molecule has 0 radical (unpaired) electrons. The van der Waals surface area contributed by atoms with Crippen molar-refractivity contribution in [1.29, 1.82) is 0 Å². The van der Waals surface area contributed by atoms with Crippen LogP contribution in [0.2, 0.25) is 0 Å². The molecule has 39 heavy (non-hydrogen) atoms. The fourth-order valence-electron chi connectivity index (χ4n) is 5.54. The number of amides is 2. The summed E-state index contributed by atoms with van der Waals surface area (Å²) in [5.74, 6) is 0.602. The summed E-state index contributed by atoms with van der Waals surface area (Å²) >= 11 is 0. The van der Waals surface area contributed by atoms with Gasteiger partial charge in [-0.25, -0.2) is 0 Å². The molecule has 0 saturated heterocycles. The van der Waals surface area contributed by atoms with E-state index in [1.165, 1.54) is 32.1 Å². The highest BCUT2D eigenvalue weighted by Crippen LogP contribution is 2.36. The van der Waals surface area contributed by atoms with E-state index in [2.05, 4.69) is 26.6 Å². The molecule has 1 aromatic carbocycles. The molecule has 2 aliphatic carbocycles. The van der Waals surface area contributed by atoms with Gasteiger partial charge in [0, 0.05) is 37.4 Å². The Labute approximate surface area is 231 Å². The molecule has 1 aliphatic heterocycles. The Bertz CT molecular complexity index is 977. The third-order valence-corrected chi connectivity index (χ3v) is 7.96. The average molecular weight is 544 g/mol. The van der Waals surface area contributed by atoms with Gasteiger partial charge in [-0.2, -0.15) is 0 Å². The van der Waals surface area contributed by atoms with Crippen LogP contribution in [-0.4, -0.2) is 89.5 Å². The van der Waals surface area contributed by atoms with E-state index in [1.54, 1.807) is 7.11 Å². The molecule has 3 aliphatic rings. The van der Waals surface area contributed by atoms with E-state index < -0.39 is 36.6 Å². The SMILES string of the molecule is COc1ccc(CC(N)C(=O)N[C@@H](CC2=CN(CC3CCCCC3)CN2C2CC2)C(=O)NC[C@@H](O)CO)cc1. The van der Waals surface area contributed by atoms with Crippen molar-refractivity contribution in [2.75, 3.05) is 33.5 Å². The second-order valence-electron chi connectivity index (χ2n) is 11.2. The number of nitrogens with one attached hydrogen (secondary N) is 2. The Balaban J connectivity index is 1.43. The molecule has 2 fully saturated rings. The lowest BCUT2D eigenvalue weighted by molar-refractivity contribution is -0.130. The first-order valence-corrected chi connectivity index (χ1v) is 14.3. The number of aliphatic hydroxyl groups is 2. The number of ether oxygens (including phenoxy) is 1. The van der Waals surface area contributed by atoms with Gasteiger partial charge in [-0.15, -0.1) is 0 Å². The summed E-state index contributed by atoms with van der Waals surface area (Å²) in [6, 6.07) is 6.15. The highest BCUT2D eigenvalue weighted by molar-refractivity contribution is 5.90. The molecule has 1 unspecified atom stereocenters. The topological polar surface area (TPSA) is 140 Å². The van der Waals surface area contributed by atoms with Crippen LogP contribution in [0, 0.1) is 5.92 Å². The quantitative estimate of drug-likeness (QED) is 0.235. The van der Waals surface area contributed by atoms with Crippen molar-refractivity contribution in [3.05, 3.63) is 41.7 Å². The first-order chi connectivity index (χ1) is 18.9. The number of benzene rings is 1. The second-order valence-corrected chi connectivity index (χ2v) is 11.2. The van der Waals surface area contributed by atoms with E-state index in [0.29, 0.717) is 24.8 Å². The van der Waals surface area contributed by atoms with Crippen LogP contribution >= 0.6 is 0 Å². The van der Waals surface area contributed by atoms with Gasteiger partial charge >= 0.3 is 0 Å². The van der Waals surface area contributed by atoms with E-state index >= 15 is 0 Å². The number of carbonyl (C=O) groups is 2. The predicted octanol–water partition coefficient (Wildman–Crippen LogP) is 1.07. The molecule has 216 valence electrons. The van der Waals surface area contributed by atoms with Gasteiger partial charge in [-0.3, -0.25) is 9.59 Å². The molecular weight excluding hydrogens is 498 g/mol. The minimum absolute atomic E-state index is 0.0984. The molecular formula is C29H45N5O5. The number of methoxy groups -OCH3 is 1. The molecule has 3 atom stereocenters. The molecule has 2 amide bonds. The average Bonchev–Trinajstić information content (AvgIpc) is 3.73. The summed E-state index contributed by atoms with van der Waals surface area (Å²) in [5.41, 5.74) is 8.18. The van der Waals surface area contributed by atoms with Crippen molar-refractivity contribution in [1.82, 2.24) is 20.4 Å². The van der Waals surface area contributed by atoms with Crippen molar-refractivity contribution in [3.63, 3.8) is 0 Å². The molecule has 2 saturated carbocycles. The van der Waals surface area contributed by atoms with Gasteiger partial charge in [0.05, 0.1) is 32.5 Å². The fraction of sp³-hybridized carbons (Fsp3) is 0.655. The van der Waals surface area contributed by atoms with E-state index in [9.17, 15) is 14.7 Å². The summed E-state index contributed by atoms with van der Waals surface area (Å²) in [4.78, 5) is 31.1. The van der Waals surface area contributed by atoms with Crippen LogP contribution in [0.3, 0.4) is 0 Å². The van der Waals surface area contributed by atoms with Crippen LogP contribution in [-0.2, 0) is 16.0 Å². The molecule has 10 heteroatoms. The second kappa shape index (κ2) is 14.0. The van der Waals surface area contributed by atoms with Gasteiger partial charge < -0.3 is 41.1 Å². The normalized spacial score (nSPS) is 20.3. The lowest BCUT2D eigenvalue weighted by atomic mass is 9.89. The van der Waals surface area contributed by atoms with E-state index in [4.69, 9.17) is 15.6 Å². The molecule has 1 heterocycles. The minimum Gasteiger partial charge on any atom is -0.497 e. The highest BCUT2D eigenvalue weighted by Gasteiger charge is 2.37. The maximum absolute atomic E-state index is 13.2. The number of hydrogen-bond donors (Lipinski definition) is 5. The van der Waals surface area contributed by atoms with Crippen molar-refractivity contribution < 1.29 is 24.5 Å². The molecule has 1 aromatic rings. The summed E-state index contributed by atoms with van der Waals surface area (Å²) in [6.45, 7) is 1.28. The number of rotatable bonds is 14. The van der Waals surface area contributed by atoms with Crippen LogP contribution in [0.4, 0.5) is 0 Å². The van der Waals surface area contributed by atoms with Crippen LogP contribution in [0.15, 0.2) is 36.2 Å². The van der Waals surface area contributed by atoms with E-state index in [-0.39, 0.29) is 6.54 Å². The minimum atomic E-state index is -1.07. The van der Waals surface area contributed by atoms with Gasteiger partial charge in [0.15, 0.2) is 0 Å². The van der Waals surface area contributed by atoms with Crippen molar-refractivity contribution in [2.24, 2.45) is 11.7 Å². The third kappa shape index (κ3) is 8.58. The highest BCUT2D eigenvalue weighted by atomic mass is 16.5. The molecule has 0 bridgehead atoms. The summed E-state index contributed by atoms with van der Waals surface area (Å²) in [7, 11) is 1.60. The summed E-state index contributed by atoms with van der Waals surface area (Å²) in [6.07, 6.45) is 10.5. The number of nitrogens with two attached hydrogens (primary N) is 1. The van der Waals surface area contributed by atoms with Crippen LogP contribution in [0.1, 0.15) is 56.9 Å². The van der Waals surface area contributed by atoms with Crippen molar-refractivity contribution >= 4 is 11.8 Å². The van der Waals surface area contributed by atoms with Gasteiger partial charge in [-0.1, -0.05) is 31.4 Å². The van der Waals surface area contributed by atoms with E-state index in [0.717, 1.165) is 43.1 Å².